The third-order valence-corrected chi connectivity index (χ3v) is 3.93. The molecule has 1 aliphatic heterocycles. The van der Waals surface area contributed by atoms with Crippen molar-refractivity contribution in [2.75, 3.05) is 45.3 Å². The largest absolute Gasteiger partial charge is 0.385 e. The second-order valence-corrected chi connectivity index (χ2v) is 5.99. The van der Waals surface area contributed by atoms with E-state index < -0.39 is 0 Å². The highest BCUT2D eigenvalue weighted by Gasteiger charge is 2.16. The maximum Gasteiger partial charge on any atom is 0.251 e. The zero-order valence-electron chi connectivity index (χ0n) is 14.7. The molecular formula is C18H27N3O4. The molecule has 0 radical (unpaired) electrons. The Labute approximate surface area is 148 Å². The third-order valence-electron chi connectivity index (χ3n) is 3.93. The van der Waals surface area contributed by atoms with Gasteiger partial charge in [0.05, 0.1) is 12.6 Å². The fourth-order valence-electron chi connectivity index (χ4n) is 2.57. The first-order chi connectivity index (χ1) is 12.2. The van der Waals surface area contributed by atoms with E-state index >= 15 is 0 Å². The van der Waals surface area contributed by atoms with Crippen LogP contribution < -0.4 is 16.0 Å². The van der Waals surface area contributed by atoms with Crippen LogP contribution >= 0.6 is 0 Å². The maximum atomic E-state index is 12.1. The van der Waals surface area contributed by atoms with Gasteiger partial charge >= 0.3 is 0 Å². The molecule has 1 aliphatic rings. The zero-order valence-corrected chi connectivity index (χ0v) is 14.7. The van der Waals surface area contributed by atoms with E-state index in [1.807, 2.05) is 0 Å². The lowest BCUT2D eigenvalue weighted by Gasteiger charge is -2.11. The van der Waals surface area contributed by atoms with Crippen LogP contribution in [0.15, 0.2) is 24.3 Å². The summed E-state index contributed by atoms with van der Waals surface area (Å²) >= 11 is 0. The zero-order chi connectivity index (χ0) is 17.9. The molecule has 0 aliphatic carbocycles. The fourth-order valence-corrected chi connectivity index (χ4v) is 2.57. The number of methoxy groups -OCH3 is 1. The molecule has 2 rings (SSSR count). The number of ether oxygens (including phenoxy) is 2. The van der Waals surface area contributed by atoms with Crippen LogP contribution in [0.5, 0.6) is 0 Å². The molecule has 1 aromatic carbocycles. The monoisotopic (exact) mass is 349 g/mol. The van der Waals surface area contributed by atoms with Crippen molar-refractivity contribution < 1.29 is 19.1 Å². The van der Waals surface area contributed by atoms with Gasteiger partial charge < -0.3 is 25.4 Å². The lowest BCUT2D eigenvalue weighted by molar-refractivity contribution is -0.115. The first-order valence-corrected chi connectivity index (χ1v) is 8.68. The smallest absolute Gasteiger partial charge is 0.251 e. The number of carbonyl (C=O) groups excluding carboxylic acids is 2. The second kappa shape index (κ2) is 10.8. The summed E-state index contributed by atoms with van der Waals surface area (Å²) in [6.45, 7) is 2.95. The highest BCUT2D eigenvalue weighted by Crippen LogP contribution is 2.12. The predicted octanol–water partition coefficient (Wildman–Crippen LogP) is 1.16. The lowest BCUT2D eigenvalue weighted by atomic mass is 10.2. The van der Waals surface area contributed by atoms with E-state index in [2.05, 4.69) is 16.0 Å². The lowest BCUT2D eigenvalue weighted by Crippen LogP contribution is -2.31. The standard InChI is InChI=1S/C18H27N3O4/c1-24-10-3-9-19-13-17(22)21-15-7-5-14(6-8-15)18(23)20-12-16-4-2-11-25-16/h5-8,16,19H,2-4,9-13H2,1H3,(H,20,23)(H,21,22). The van der Waals surface area contributed by atoms with Gasteiger partial charge in [0, 0.05) is 38.1 Å². The first kappa shape index (κ1) is 19.4. The minimum Gasteiger partial charge on any atom is -0.385 e. The van der Waals surface area contributed by atoms with Crippen molar-refractivity contribution in [3.63, 3.8) is 0 Å². The number of anilines is 1. The fraction of sp³-hybridized carbons (Fsp3) is 0.556. The maximum absolute atomic E-state index is 12.1. The topological polar surface area (TPSA) is 88.7 Å². The molecule has 2 amide bonds. The highest BCUT2D eigenvalue weighted by atomic mass is 16.5. The van der Waals surface area contributed by atoms with Crippen LogP contribution in [0.4, 0.5) is 5.69 Å². The van der Waals surface area contributed by atoms with Crippen LogP contribution in [0.1, 0.15) is 29.6 Å². The molecule has 0 saturated carbocycles. The van der Waals surface area contributed by atoms with Gasteiger partial charge in [-0.3, -0.25) is 9.59 Å². The molecule has 1 saturated heterocycles. The van der Waals surface area contributed by atoms with E-state index in [9.17, 15) is 9.59 Å². The van der Waals surface area contributed by atoms with Gasteiger partial charge in [-0.2, -0.15) is 0 Å². The second-order valence-electron chi connectivity index (χ2n) is 5.99. The molecule has 138 valence electrons. The van der Waals surface area contributed by atoms with Crippen molar-refractivity contribution in [2.45, 2.75) is 25.4 Å². The van der Waals surface area contributed by atoms with E-state index in [-0.39, 0.29) is 24.5 Å². The number of hydrogen-bond donors (Lipinski definition) is 3. The Morgan fingerprint density at radius 1 is 1.28 bits per heavy atom. The molecule has 1 heterocycles. The third kappa shape index (κ3) is 7.21. The average molecular weight is 349 g/mol. The van der Waals surface area contributed by atoms with Crippen LogP contribution in [0.25, 0.3) is 0 Å². The first-order valence-electron chi connectivity index (χ1n) is 8.68. The molecule has 25 heavy (non-hydrogen) atoms. The van der Waals surface area contributed by atoms with E-state index in [0.29, 0.717) is 24.4 Å². The van der Waals surface area contributed by atoms with Gasteiger partial charge in [-0.15, -0.1) is 0 Å². The van der Waals surface area contributed by atoms with Gasteiger partial charge in [-0.05, 0) is 50.1 Å². The molecule has 0 aromatic heterocycles. The molecular weight excluding hydrogens is 322 g/mol. The number of hydrogen-bond acceptors (Lipinski definition) is 5. The number of nitrogens with one attached hydrogen (secondary N) is 3. The molecule has 0 spiro atoms. The van der Waals surface area contributed by atoms with E-state index in [1.54, 1.807) is 31.4 Å². The average Bonchev–Trinajstić information content (AvgIpc) is 3.14. The van der Waals surface area contributed by atoms with Crippen LogP contribution in [0.2, 0.25) is 0 Å². The summed E-state index contributed by atoms with van der Waals surface area (Å²) in [4.78, 5) is 23.9. The summed E-state index contributed by atoms with van der Waals surface area (Å²) in [5, 5.41) is 8.71. The van der Waals surface area contributed by atoms with Gasteiger partial charge in [0.15, 0.2) is 0 Å². The van der Waals surface area contributed by atoms with E-state index in [0.717, 1.165) is 32.4 Å². The highest BCUT2D eigenvalue weighted by molar-refractivity contribution is 5.96. The van der Waals surface area contributed by atoms with Crippen LogP contribution in [-0.2, 0) is 14.3 Å². The minimum absolute atomic E-state index is 0.118. The molecule has 1 aromatic rings. The number of benzene rings is 1. The van der Waals surface area contributed by atoms with E-state index in [1.165, 1.54) is 0 Å². The Balaban J connectivity index is 1.69. The van der Waals surface area contributed by atoms with Crippen molar-refractivity contribution in [1.82, 2.24) is 10.6 Å². The van der Waals surface area contributed by atoms with E-state index in [4.69, 9.17) is 9.47 Å². The molecule has 0 bridgehead atoms. The Morgan fingerprint density at radius 2 is 2.08 bits per heavy atom. The number of amides is 2. The molecule has 7 nitrogen and oxygen atoms in total. The summed E-state index contributed by atoms with van der Waals surface area (Å²) < 4.78 is 10.4. The molecule has 1 atom stereocenters. The Hall–Kier alpha value is -1.96. The SMILES string of the molecule is COCCCNCC(=O)Nc1ccc(C(=O)NCC2CCCO2)cc1. The minimum atomic E-state index is -0.131. The molecule has 1 fully saturated rings. The van der Waals surface area contributed by atoms with Crippen LogP contribution in [0.3, 0.4) is 0 Å². The van der Waals surface area contributed by atoms with Gasteiger partial charge in [-0.1, -0.05) is 0 Å². The predicted molar refractivity (Wildman–Crippen MR) is 95.7 cm³/mol. The van der Waals surface area contributed by atoms with Gasteiger partial charge in [0.25, 0.3) is 5.91 Å². The van der Waals surface area contributed by atoms with Gasteiger partial charge in [-0.25, -0.2) is 0 Å². The van der Waals surface area contributed by atoms with Crippen molar-refractivity contribution in [2.24, 2.45) is 0 Å². The van der Waals surface area contributed by atoms with Gasteiger partial charge in [0.1, 0.15) is 0 Å². The quantitative estimate of drug-likeness (QED) is 0.552. The van der Waals surface area contributed by atoms with Crippen molar-refractivity contribution >= 4 is 17.5 Å². The summed E-state index contributed by atoms with van der Waals surface area (Å²) in [5.74, 6) is -0.249. The number of rotatable bonds is 10. The van der Waals surface area contributed by atoms with Crippen LogP contribution in [0, 0.1) is 0 Å². The van der Waals surface area contributed by atoms with Gasteiger partial charge in [0.2, 0.25) is 5.91 Å². The Kier molecular flexibility index (Phi) is 8.38. The molecule has 1 unspecified atom stereocenters. The summed E-state index contributed by atoms with van der Waals surface area (Å²) in [7, 11) is 1.65. The Morgan fingerprint density at radius 3 is 2.76 bits per heavy atom. The van der Waals surface area contributed by atoms with Crippen molar-refractivity contribution in [3.8, 4) is 0 Å². The summed E-state index contributed by atoms with van der Waals surface area (Å²) in [5.41, 5.74) is 1.23. The normalized spacial score (nSPS) is 16.6. The number of carbonyl (C=O) groups is 2. The van der Waals surface area contributed by atoms with Crippen molar-refractivity contribution in [1.29, 1.82) is 0 Å². The van der Waals surface area contributed by atoms with Crippen molar-refractivity contribution in [3.05, 3.63) is 29.8 Å². The molecule has 7 heteroatoms. The Bertz CT molecular complexity index is 542. The summed E-state index contributed by atoms with van der Waals surface area (Å²) in [6, 6.07) is 6.85. The summed E-state index contributed by atoms with van der Waals surface area (Å²) in [6.07, 6.45) is 3.03. The molecule has 3 N–H and O–H groups in total. The van der Waals surface area contributed by atoms with Crippen LogP contribution in [-0.4, -0.2) is 57.9 Å².